The summed E-state index contributed by atoms with van der Waals surface area (Å²) < 4.78 is 61.4. The van der Waals surface area contributed by atoms with Crippen molar-refractivity contribution in [3.63, 3.8) is 0 Å². The first-order valence-corrected chi connectivity index (χ1v) is 5.10. The van der Waals surface area contributed by atoms with Crippen LogP contribution in [0.4, 0.5) is 22.0 Å². The lowest BCUT2D eigenvalue weighted by molar-refractivity contribution is -0.270. The lowest BCUT2D eigenvalue weighted by atomic mass is 10.1. The highest BCUT2D eigenvalue weighted by atomic mass is 19.4. The fraction of sp³-hybridized carbons (Fsp3) is 0.273. The minimum absolute atomic E-state index is 0.133. The third-order valence-electron chi connectivity index (χ3n) is 2.30. The summed E-state index contributed by atoms with van der Waals surface area (Å²) in [5, 5.41) is 9.97. The maximum absolute atomic E-state index is 12.7. The van der Waals surface area contributed by atoms with E-state index in [1.165, 1.54) is 35.6 Å². The Morgan fingerprint density at radius 2 is 1.55 bits per heavy atom. The summed E-state index contributed by atoms with van der Waals surface area (Å²) in [6, 6.07) is 4.51. The molecule has 1 aromatic carbocycles. The number of amides is 1. The standard InChI is InChI=1S/C11H8F5NO3/c12-10(13,11(14,15)16)9(20)17-7(8(18)19)6-4-2-1-3-5-6/h1-5,7H,(H,17,20)(H,18,19)/t7-/m0/s1. The second kappa shape index (κ2) is 5.43. The van der Waals surface area contributed by atoms with Crippen LogP contribution in [-0.4, -0.2) is 29.1 Å². The van der Waals surface area contributed by atoms with Crippen LogP contribution in [0.2, 0.25) is 0 Å². The van der Waals surface area contributed by atoms with Gasteiger partial charge in [-0.2, -0.15) is 22.0 Å². The minimum atomic E-state index is -6.10. The van der Waals surface area contributed by atoms with Crippen molar-refractivity contribution in [1.82, 2.24) is 5.32 Å². The van der Waals surface area contributed by atoms with Crippen molar-refractivity contribution in [2.45, 2.75) is 18.1 Å². The third-order valence-corrected chi connectivity index (χ3v) is 2.30. The molecule has 110 valence electrons. The van der Waals surface area contributed by atoms with Crippen LogP contribution in [0.5, 0.6) is 0 Å². The largest absolute Gasteiger partial charge is 0.479 e. The van der Waals surface area contributed by atoms with Crippen molar-refractivity contribution < 1.29 is 36.6 Å². The molecule has 0 unspecified atom stereocenters. The van der Waals surface area contributed by atoms with E-state index in [-0.39, 0.29) is 5.56 Å². The quantitative estimate of drug-likeness (QED) is 0.837. The van der Waals surface area contributed by atoms with Crippen LogP contribution in [0.15, 0.2) is 30.3 Å². The first kappa shape index (κ1) is 15.9. The third kappa shape index (κ3) is 3.22. The van der Waals surface area contributed by atoms with Crippen molar-refractivity contribution in [2.75, 3.05) is 0 Å². The maximum Gasteiger partial charge on any atom is 0.463 e. The summed E-state index contributed by atoms with van der Waals surface area (Å²) in [6.07, 6.45) is -6.10. The van der Waals surface area contributed by atoms with E-state index in [0.29, 0.717) is 0 Å². The van der Waals surface area contributed by atoms with Gasteiger partial charge in [-0.25, -0.2) is 4.79 Å². The van der Waals surface area contributed by atoms with Gasteiger partial charge in [0.25, 0.3) is 0 Å². The molecule has 0 saturated carbocycles. The molecular weight excluding hydrogens is 289 g/mol. The summed E-state index contributed by atoms with van der Waals surface area (Å²) in [5.74, 6) is -10.2. The molecule has 1 aromatic rings. The van der Waals surface area contributed by atoms with Gasteiger partial charge in [0.1, 0.15) is 0 Å². The van der Waals surface area contributed by atoms with E-state index in [4.69, 9.17) is 5.11 Å². The van der Waals surface area contributed by atoms with Crippen LogP contribution >= 0.6 is 0 Å². The number of hydrogen-bond donors (Lipinski definition) is 2. The van der Waals surface area contributed by atoms with E-state index in [2.05, 4.69) is 0 Å². The smallest absolute Gasteiger partial charge is 0.463 e. The zero-order valence-corrected chi connectivity index (χ0v) is 9.62. The van der Waals surface area contributed by atoms with Gasteiger partial charge in [-0.15, -0.1) is 0 Å². The lowest BCUT2D eigenvalue weighted by Gasteiger charge is -2.21. The Morgan fingerprint density at radius 1 is 1.05 bits per heavy atom. The number of hydrogen-bond acceptors (Lipinski definition) is 2. The predicted octanol–water partition coefficient (Wildman–Crippen LogP) is 2.13. The van der Waals surface area contributed by atoms with Gasteiger partial charge in [-0.1, -0.05) is 30.3 Å². The summed E-state index contributed by atoms with van der Waals surface area (Å²) in [4.78, 5) is 21.8. The van der Waals surface area contributed by atoms with E-state index in [1.54, 1.807) is 0 Å². The molecule has 0 aromatic heterocycles. The second-order valence-corrected chi connectivity index (χ2v) is 3.73. The molecule has 4 nitrogen and oxygen atoms in total. The lowest BCUT2D eigenvalue weighted by Crippen LogP contribution is -2.52. The van der Waals surface area contributed by atoms with Crippen molar-refractivity contribution in [1.29, 1.82) is 0 Å². The summed E-state index contributed by atoms with van der Waals surface area (Å²) in [5.41, 5.74) is -0.133. The molecule has 9 heteroatoms. The highest BCUT2D eigenvalue weighted by molar-refractivity contribution is 5.89. The van der Waals surface area contributed by atoms with E-state index in [0.717, 1.165) is 0 Å². The number of nitrogens with one attached hydrogen (secondary N) is 1. The van der Waals surface area contributed by atoms with Gasteiger partial charge >= 0.3 is 24.0 Å². The van der Waals surface area contributed by atoms with Gasteiger partial charge in [0.05, 0.1) is 0 Å². The van der Waals surface area contributed by atoms with Crippen LogP contribution in [0.25, 0.3) is 0 Å². The number of benzene rings is 1. The average Bonchev–Trinajstić information content (AvgIpc) is 2.34. The zero-order chi connectivity index (χ0) is 15.6. The predicted molar refractivity (Wildman–Crippen MR) is 56.0 cm³/mol. The summed E-state index contributed by atoms with van der Waals surface area (Å²) in [7, 11) is 0. The highest BCUT2D eigenvalue weighted by Gasteiger charge is 2.63. The van der Waals surface area contributed by atoms with Gasteiger partial charge in [0.2, 0.25) is 0 Å². The van der Waals surface area contributed by atoms with E-state index in [1.807, 2.05) is 0 Å². The van der Waals surface area contributed by atoms with E-state index < -0.39 is 30.0 Å². The number of rotatable bonds is 4. The Morgan fingerprint density at radius 3 is 1.95 bits per heavy atom. The number of carboxylic acid groups (broad SMARTS) is 1. The van der Waals surface area contributed by atoms with Gasteiger partial charge in [-0.3, -0.25) is 4.79 Å². The first-order valence-electron chi connectivity index (χ1n) is 5.10. The maximum atomic E-state index is 12.7. The Kier molecular flexibility index (Phi) is 4.31. The SMILES string of the molecule is O=C(O)[C@@H](NC(=O)C(F)(F)C(F)(F)F)c1ccccc1. The average molecular weight is 297 g/mol. The van der Waals surface area contributed by atoms with Crippen molar-refractivity contribution >= 4 is 11.9 Å². The fourth-order valence-corrected chi connectivity index (χ4v) is 1.28. The van der Waals surface area contributed by atoms with Crippen LogP contribution in [0.3, 0.4) is 0 Å². The number of carbonyl (C=O) groups is 2. The monoisotopic (exact) mass is 297 g/mol. The van der Waals surface area contributed by atoms with Gasteiger partial charge in [0.15, 0.2) is 6.04 Å². The summed E-state index contributed by atoms with van der Waals surface area (Å²) in [6.45, 7) is 0. The molecule has 0 saturated heterocycles. The normalized spacial score (nSPS) is 13.7. The van der Waals surface area contributed by atoms with Crippen LogP contribution in [0, 0.1) is 0 Å². The molecule has 1 atom stereocenters. The van der Waals surface area contributed by atoms with E-state index in [9.17, 15) is 31.5 Å². The number of carboxylic acids is 1. The molecule has 0 spiro atoms. The topological polar surface area (TPSA) is 66.4 Å². The fourth-order valence-electron chi connectivity index (χ4n) is 1.28. The Labute approximate surface area is 109 Å². The first-order chi connectivity index (χ1) is 9.07. The minimum Gasteiger partial charge on any atom is -0.479 e. The summed E-state index contributed by atoms with van der Waals surface area (Å²) >= 11 is 0. The molecule has 0 fully saturated rings. The van der Waals surface area contributed by atoms with Gasteiger partial charge < -0.3 is 10.4 Å². The van der Waals surface area contributed by atoms with Crippen LogP contribution in [0.1, 0.15) is 11.6 Å². The number of aliphatic carboxylic acids is 1. The second-order valence-electron chi connectivity index (χ2n) is 3.73. The zero-order valence-electron chi connectivity index (χ0n) is 9.62. The number of alkyl halides is 5. The van der Waals surface area contributed by atoms with E-state index >= 15 is 0 Å². The molecule has 0 radical (unpaired) electrons. The molecule has 1 rings (SSSR count). The molecule has 2 N–H and O–H groups in total. The number of halogens is 5. The Hall–Kier alpha value is -2.19. The van der Waals surface area contributed by atoms with Crippen molar-refractivity contribution in [2.24, 2.45) is 0 Å². The van der Waals surface area contributed by atoms with Crippen LogP contribution < -0.4 is 5.32 Å². The van der Waals surface area contributed by atoms with Crippen molar-refractivity contribution in [3.8, 4) is 0 Å². The Balaban J connectivity index is 2.99. The van der Waals surface area contributed by atoms with Gasteiger partial charge in [0, 0.05) is 0 Å². The Bertz CT molecular complexity index is 501. The molecule has 0 aliphatic rings. The highest BCUT2D eigenvalue weighted by Crippen LogP contribution is 2.36. The molecular formula is C11H8F5NO3. The number of carbonyl (C=O) groups excluding carboxylic acids is 1. The van der Waals surface area contributed by atoms with Crippen LogP contribution in [-0.2, 0) is 9.59 Å². The van der Waals surface area contributed by atoms with Crippen molar-refractivity contribution in [3.05, 3.63) is 35.9 Å². The molecule has 0 aliphatic carbocycles. The molecule has 0 aliphatic heterocycles. The molecule has 0 heterocycles. The van der Waals surface area contributed by atoms with Gasteiger partial charge in [-0.05, 0) is 5.56 Å². The molecule has 20 heavy (non-hydrogen) atoms. The molecule has 1 amide bonds. The molecule has 0 bridgehead atoms.